The van der Waals surface area contributed by atoms with Crippen LogP contribution in [-0.4, -0.2) is 11.7 Å². The van der Waals surface area contributed by atoms with Crippen LogP contribution in [0, 0.1) is 0 Å². The minimum Gasteiger partial charge on any atom is -0.292 e. The quantitative estimate of drug-likeness (QED) is 0.549. The van der Waals surface area contributed by atoms with E-state index in [0.29, 0.717) is 0 Å². The Morgan fingerprint density at radius 1 is 1.38 bits per heavy atom. The van der Waals surface area contributed by atoms with Crippen molar-refractivity contribution in [3.05, 3.63) is 35.2 Å². The zero-order valence-corrected chi connectivity index (χ0v) is 8.36. The summed E-state index contributed by atoms with van der Waals surface area (Å²) in [6.45, 7) is 0. The Labute approximate surface area is 84.9 Å². The molecule has 0 saturated carbocycles. The van der Waals surface area contributed by atoms with E-state index >= 15 is 0 Å². The van der Waals surface area contributed by atoms with Crippen molar-refractivity contribution in [3.8, 4) is 0 Å². The lowest BCUT2D eigenvalue weighted by Crippen LogP contribution is -1.95. The van der Waals surface area contributed by atoms with Gasteiger partial charge in [-0.25, -0.2) is 0 Å². The standard InChI is InChI=1S/C10H7ClOS/c11-6-8(12)10-5-7-3-1-2-4-9(7)13-10/h1-5H,6H2. The predicted octanol–water partition coefficient (Wildman–Crippen LogP) is 3.32. The molecule has 0 unspecified atom stereocenters. The second-order valence-electron chi connectivity index (χ2n) is 2.71. The summed E-state index contributed by atoms with van der Waals surface area (Å²) >= 11 is 6.97. The van der Waals surface area contributed by atoms with Crippen molar-refractivity contribution in [2.75, 3.05) is 5.88 Å². The highest BCUT2D eigenvalue weighted by atomic mass is 35.5. The maximum Gasteiger partial charge on any atom is 0.187 e. The summed E-state index contributed by atoms with van der Waals surface area (Å²) in [7, 11) is 0. The molecule has 0 radical (unpaired) electrons. The zero-order chi connectivity index (χ0) is 9.26. The molecule has 0 aliphatic carbocycles. The molecule has 0 bridgehead atoms. The first kappa shape index (κ1) is 8.73. The lowest BCUT2D eigenvalue weighted by atomic mass is 10.2. The van der Waals surface area contributed by atoms with Gasteiger partial charge in [0.2, 0.25) is 0 Å². The number of ketones is 1. The average Bonchev–Trinajstić information content (AvgIpc) is 2.59. The van der Waals surface area contributed by atoms with Gasteiger partial charge in [0, 0.05) is 4.70 Å². The summed E-state index contributed by atoms with van der Waals surface area (Å²) in [5, 5.41) is 1.11. The fourth-order valence-electron chi connectivity index (χ4n) is 1.19. The number of hydrogen-bond donors (Lipinski definition) is 0. The summed E-state index contributed by atoms with van der Waals surface area (Å²) < 4.78 is 1.14. The van der Waals surface area contributed by atoms with Crippen molar-refractivity contribution in [2.24, 2.45) is 0 Å². The number of Topliss-reactive ketones (excluding diaryl/α,β-unsaturated/α-hetero) is 1. The molecule has 2 rings (SSSR count). The Morgan fingerprint density at radius 2 is 2.15 bits per heavy atom. The van der Waals surface area contributed by atoms with Crippen LogP contribution in [-0.2, 0) is 0 Å². The van der Waals surface area contributed by atoms with Crippen molar-refractivity contribution in [2.45, 2.75) is 0 Å². The summed E-state index contributed by atoms with van der Waals surface area (Å²) in [5.41, 5.74) is 0. The normalized spacial score (nSPS) is 10.5. The van der Waals surface area contributed by atoms with Crippen LogP contribution in [0.4, 0.5) is 0 Å². The molecule has 0 fully saturated rings. The smallest absolute Gasteiger partial charge is 0.187 e. The molecule has 1 heterocycles. The van der Waals surface area contributed by atoms with E-state index in [9.17, 15) is 4.79 Å². The highest BCUT2D eigenvalue weighted by molar-refractivity contribution is 7.20. The van der Waals surface area contributed by atoms with E-state index < -0.39 is 0 Å². The van der Waals surface area contributed by atoms with Gasteiger partial charge in [0.15, 0.2) is 5.78 Å². The summed E-state index contributed by atoms with van der Waals surface area (Å²) in [4.78, 5) is 12.0. The van der Waals surface area contributed by atoms with Crippen molar-refractivity contribution >= 4 is 38.8 Å². The Morgan fingerprint density at radius 3 is 2.85 bits per heavy atom. The molecule has 0 atom stereocenters. The maximum atomic E-state index is 11.3. The molecule has 1 aromatic carbocycles. The van der Waals surface area contributed by atoms with Crippen LogP contribution >= 0.6 is 22.9 Å². The van der Waals surface area contributed by atoms with E-state index in [1.165, 1.54) is 11.3 Å². The molecule has 1 nitrogen and oxygen atoms in total. The van der Waals surface area contributed by atoms with Crippen molar-refractivity contribution in [1.82, 2.24) is 0 Å². The number of hydrogen-bond acceptors (Lipinski definition) is 2. The van der Waals surface area contributed by atoms with E-state index in [2.05, 4.69) is 0 Å². The summed E-state index contributed by atoms with van der Waals surface area (Å²) in [5.74, 6) is 0.0650. The summed E-state index contributed by atoms with van der Waals surface area (Å²) in [6.07, 6.45) is 0. The number of benzene rings is 1. The highest BCUT2D eigenvalue weighted by Crippen LogP contribution is 2.25. The first-order chi connectivity index (χ1) is 6.31. The third-order valence-corrected chi connectivity index (χ3v) is 3.22. The Kier molecular flexibility index (Phi) is 2.34. The van der Waals surface area contributed by atoms with Crippen LogP contribution in [0.5, 0.6) is 0 Å². The molecule has 13 heavy (non-hydrogen) atoms. The largest absolute Gasteiger partial charge is 0.292 e. The molecule has 0 saturated heterocycles. The highest BCUT2D eigenvalue weighted by Gasteiger charge is 2.07. The van der Waals surface area contributed by atoms with Crippen LogP contribution in [0.1, 0.15) is 9.67 Å². The van der Waals surface area contributed by atoms with Gasteiger partial charge in [0.25, 0.3) is 0 Å². The van der Waals surface area contributed by atoms with E-state index in [1.807, 2.05) is 30.3 Å². The molecule has 1 aromatic heterocycles. The number of rotatable bonds is 2. The Balaban J connectivity index is 2.56. The fraction of sp³-hybridized carbons (Fsp3) is 0.100. The van der Waals surface area contributed by atoms with Crippen molar-refractivity contribution < 1.29 is 4.79 Å². The number of carbonyl (C=O) groups excluding carboxylic acids is 1. The minimum atomic E-state index is 0.00265. The first-order valence-electron chi connectivity index (χ1n) is 3.89. The van der Waals surface area contributed by atoms with E-state index in [0.717, 1.165) is 15.0 Å². The molecule has 0 N–H and O–H groups in total. The number of halogens is 1. The SMILES string of the molecule is O=C(CCl)c1cc2ccccc2s1. The number of thiophene rings is 1. The van der Waals surface area contributed by atoms with Gasteiger partial charge in [-0.3, -0.25) is 4.79 Å². The van der Waals surface area contributed by atoms with Gasteiger partial charge in [-0.05, 0) is 17.5 Å². The van der Waals surface area contributed by atoms with Gasteiger partial charge in [-0.2, -0.15) is 0 Å². The first-order valence-corrected chi connectivity index (χ1v) is 5.24. The molecule has 0 aliphatic rings. The van der Waals surface area contributed by atoms with E-state index in [-0.39, 0.29) is 11.7 Å². The van der Waals surface area contributed by atoms with Gasteiger partial charge in [-0.15, -0.1) is 22.9 Å². The van der Waals surface area contributed by atoms with Gasteiger partial charge < -0.3 is 0 Å². The van der Waals surface area contributed by atoms with Crippen molar-refractivity contribution in [3.63, 3.8) is 0 Å². The minimum absolute atomic E-state index is 0.00265. The Hall–Kier alpha value is -0.860. The van der Waals surface area contributed by atoms with E-state index in [4.69, 9.17) is 11.6 Å². The molecular formula is C10H7ClOS. The lowest BCUT2D eigenvalue weighted by molar-refractivity contribution is 0.102. The third kappa shape index (κ3) is 1.60. The molecule has 66 valence electrons. The summed E-state index contributed by atoms with van der Waals surface area (Å²) in [6, 6.07) is 9.82. The number of fused-ring (bicyclic) bond motifs is 1. The second kappa shape index (κ2) is 3.48. The topological polar surface area (TPSA) is 17.1 Å². The molecule has 0 spiro atoms. The van der Waals surface area contributed by atoms with Crippen molar-refractivity contribution in [1.29, 1.82) is 0 Å². The number of carbonyl (C=O) groups is 1. The van der Waals surface area contributed by atoms with Gasteiger partial charge in [-0.1, -0.05) is 18.2 Å². The Bertz CT molecular complexity index is 414. The molecule has 2 aromatic rings. The third-order valence-electron chi connectivity index (χ3n) is 1.82. The van der Waals surface area contributed by atoms with Crippen LogP contribution in [0.25, 0.3) is 10.1 Å². The predicted molar refractivity (Wildman–Crippen MR) is 56.9 cm³/mol. The van der Waals surface area contributed by atoms with Gasteiger partial charge in [0.05, 0.1) is 10.8 Å². The second-order valence-corrected chi connectivity index (χ2v) is 4.06. The maximum absolute atomic E-state index is 11.3. The van der Waals surface area contributed by atoms with Crippen LogP contribution < -0.4 is 0 Å². The lowest BCUT2D eigenvalue weighted by Gasteiger charge is -1.85. The van der Waals surface area contributed by atoms with Crippen LogP contribution in [0.15, 0.2) is 30.3 Å². The van der Waals surface area contributed by atoms with Gasteiger partial charge >= 0.3 is 0 Å². The molecule has 3 heteroatoms. The molecule has 0 aliphatic heterocycles. The zero-order valence-electron chi connectivity index (χ0n) is 6.79. The van der Waals surface area contributed by atoms with Gasteiger partial charge in [0.1, 0.15) is 0 Å². The molecular weight excluding hydrogens is 204 g/mol. The fourth-order valence-corrected chi connectivity index (χ4v) is 2.41. The van der Waals surface area contributed by atoms with Crippen LogP contribution in [0.2, 0.25) is 0 Å². The average molecular weight is 211 g/mol. The van der Waals surface area contributed by atoms with Crippen LogP contribution in [0.3, 0.4) is 0 Å². The monoisotopic (exact) mass is 210 g/mol. The number of alkyl halides is 1. The molecule has 0 amide bonds. The van der Waals surface area contributed by atoms with E-state index in [1.54, 1.807) is 0 Å².